The summed E-state index contributed by atoms with van der Waals surface area (Å²) >= 11 is 6.16. The first-order valence-corrected chi connectivity index (χ1v) is 17.2. The van der Waals surface area contributed by atoms with E-state index in [0.29, 0.717) is 16.4 Å². The van der Waals surface area contributed by atoms with Gasteiger partial charge in [0, 0.05) is 18.0 Å². The molecule has 3 nitrogen and oxygen atoms in total. The number of nitrogens with one attached hydrogen (secondary N) is 1. The van der Waals surface area contributed by atoms with Gasteiger partial charge in [-0.15, -0.1) is 11.6 Å². The number of alkyl halides is 1. The fourth-order valence-electron chi connectivity index (χ4n) is 13.5. The molecule has 7 aliphatic rings. The van der Waals surface area contributed by atoms with E-state index in [4.69, 9.17) is 11.6 Å². The Bertz CT molecular complexity index is 1140. The van der Waals surface area contributed by atoms with Gasteiger partial charge in [0.1, 0.15) is 12.6 Å². The van der Waals surface area contributed by atoms with Crippen LogP contribution in [-0.2, 0) is 9.59 Å². The number of halogens is 1. The zero-order valence-electron chi connectivity index (χ0n) is 25.5. The molecule has 7 aliphatic carbocycles. The lowest BCUT2D eigenvalue weighted by atomic mass is 9.36. The molecule has 0 amide bonds. The summed E-state index contributed by atoms with van der Waals surface area (Å²) < 4.78 is 0. The highest BCUT2D eigenvalue weighted by molar-refractivity contribution is 6.18. The molecule has 5 saturated carbocycles. The summed E-state index contributed by atoms with van der Waals surface area (Å²) in [6.45, 7) is 11.5. The van der Waals surface area contributed by atoms with Crippen molar-refractivity contribution in [2.75, 3.05) is 12.4 Å². The van der Waals surface area contributed by atoms with Crippen molar-refractivity contribution in [2.24, 2.45) is 56.7 Å². The largest absolute Gasteiger partial charge is 0.310 e. The van der Waals surface area contributed by atoms with E-state index in [1.165, 1.54) is 69.8 Å². The van der Waals surface area contributed by atoms with Gasteiger partial charge in [-0.3, -0.25) is 0 Å². The quantitative estimate of drug-likeness (QED) is 0.201. The zero-order chi connectivity index (χ0) is 28.2. The van der Waals surface area contributed by atoms with Gasteiger partial charge in [-0.1, -0.05) is 46.3 Å². The summed E-state index contributed by atoms with van der Waals surface area (Å²) in [6.07, 6.45) is 23.2. The molecule has 7 rings (SSSR count). The van der Waals surface area contributed by atoms with Gasteiger partial charge >= 0.3 is 0 Å². The second kappa shape index (κ2) is 9.04. The zero-order valence-corrected chi connectivity index (χ0v) is 26.3. The second-order valence-corrected chi connectivity index (χ2v) is 17.3. The summed E-state index contributed by atoms with van der Waals surface area (Å²) in [4.78, 5) is 23.0. The van der Waals surface area contributed by atoms with Crippen molar-refractivity contribution in [3.8, 4) is 0 Å². The number of hydrogen-bond acceptors (Lipinski definition) is 3. The van der Waals surface area contributed by atoms with E-state index in [9.17, 15) is 9.59 Å². The fourth-order valence-corrected chi connectivity index (χ4v) is 13.6. The minimum atomic E-state index is -0.707. The number of fused-ring (bicyclic) bond motifs is 7. The molecule has 40 heavy (non-hydrogen) atoms. The third-order valence-electron chi connectivity index (χ3n) is 14.9. The molecule has 4 heteroatoms. The maximum atomic E-state index is 11.5. The molecule has 0 radical (unpaired) electrons. The van der Waals surface area contributed by atoms with Crippen molar-refractivity contribution in [3.63, 3.8) is 0 Å². The third-order valence-corrected chi connectivity index (χ3v) is 15.1. The maximum Gasteiger partial charge on any atom is 0.133 e. The second-order valence-electron chi connectivity index (χ2n) is 16.9. The molecule has 1 N–H and O–H groups in total. The lowest BCUT2D eigenvalue weighted by Gasteiger charge is -2.69. The lowest BCUT2D eigenvalue weighted by molar-refractivity contribution is -0.175. The van der Waals surface area contributed by atoms with E-state index in [1.54, 1.807) is 5.57 Å². The summed E-state index contributed by atoms with van der Waals surface area (Å²) in [5.41, 5.74) is 3.89. The SMILES string of the molecule is CC1(C)C(C2=CC3(C2)CC(C=O)(C=O)C3)=CCC2(C)[C@H]1CCC1(C)C3CCC4(NCCCl)CCC[C@@H]4C3CC[C@@H]12. The number of carbonyl (C=O) groups is 2. The predicted molar refractivity (Wildman–Crippen MR) is 162 cm³/mol. The molecule has 0 heterocycles. The molecule has 5 unspecified atom stereocenters. The van der Waals surface area contributed by atoms with Gasteiger partial charge in [0.05, 0.1) is 5.41 Å². The predicted octanol–water partition coefficient (Wildman–Crippen LogP) is 8.06. The maximum absolute atomic E-state index is 11.5. The first-order chi connectivity index (χ1) is 19.0. The highest BCUT2D eigenvalue weighted by Gasteiger charge is 2.66. The normalized spacial score (nSPS) is 47.3. The van der Waals surface area contributed by atoms with Crippen molar-refractivity contribution in [3.05, 3.63) is 23.3 Å². The number of allylic oxidation sites excluding steroid dienone is 4. The average molecular weight is 566 g/mol. The Kier molecular flexibility index (Phi) is 6.30. The van der Waals surface area contributed by atoms with Crippen LogP contribution in [0.4, 0.5) is 0 Å². The average Bonchev–Trinajstić information content (AvgIpc) is 3.31. The van der Waals surface area contributed by atoms with Crippen LogP contribution in [0.3, 0.4) is 0 Å². The number of rotatable bonds is 6. The lowest BCUT2D eigenvalue weighted by Crippen LogP contribution is -2.63. The Morgan fingerprint density at radius 3 is 2.35 bits per heavy atom. The number of aldehydes is 2. The van der Waals surface area contributed by atoms with Gasteiger partial charge in [-0.05, 0) is 139 Å². The molecule has 5 fully saturated rings. The highest BCUT2D eigenvalue weighted by atomic mass is 35.5. The molecule has 220 valence electrons. The van der Waals surface area contributed by atoms with Gasteiger partial charge in [-0.25, -0.2) is 0 Å². The Labute approximate surface area is 247 Å². The van der Waals surface area contributed by atoms with Crippen LogP contribution in [0.15, 0.2) is 23.3 Å². The van der Waals surface area contributed by atoms with E-state index in [2.05, 4.69) is 45.2 Å². The number of carbonyl (C=O) groups excluding carboxylic acids is 2. The van der Waals surface area contributed by atoms with Crippen molar-refractivity contribution >= 4 is 24.2 Å². The van der Waals surface area contributed by atoms with Gasteiger partial charge in [0.15, 0.2) is 0 Å². The van der Waals surface area contributed by atoms with Gasteiger partial charge < -0.3 is 14.9 Å². The third kappa shape index (κ3) is 3.58. The van der Waals surface area contributed by atoms with Gasteiger partial charge in [-0.2, -0.15) is 0 Å². The molecule has 0 aromatic carbocycles. The van der Waals surface area contributed by atoms with E-state index in [1.807, 2.05) is 0 Å². The van der Waals surface area contributed by atoms with Crippen molar-refractivity contribution in [1.29, 1.82) is 0 Å². The topological polar surface area (TPSA) is 46.2 Å². The van der Waals surface area contributed by atoms with Crippen LogP contribution in [0.2, 0.25) is 0 Å². The van der Waals surface area contributed by atoms with Crippen LogP contribution in [-0.4, -0.2) is 30.5 Å². The summed E-state index contributed by atoms with van der Waals surface area (Å²) in [5.74, 6) is 4.90. The molecule has 1 spiro atoms. The Balaban J connectivity index is 1.13. The molecule has 0 saturated heterocycles. The van der Waals surface area contributed by atoms with Crippen molar-refractivity contribution in [2.45, 2.75) is 117 Å². The Hall–Kier alpha value is -0.930. The molecular formula is C36H52ClNO2. The van der Waals surface area contributed by atoms with E-state index >= 15 is 0 Å². The standard InChI is InChI=1S/C36H52ClNO2/c1-31(2)26(24-18-34(19-24)20-35(21-34,22-39)23-40)9-13-33(4)29(31)11-14-32(3)27-10-15-36(38-17-16-37)12-5-6-28(36)25(27)7-8-30(32)33/h9,18,22-23,25,27-30,38H,5-8,10-17,19-21H2,1-4H3/t25?,27?,28-,29+,30+,32?,33?,36?/m1/s1. The molecule has 0 aliphatic heterocycles. The molecule has 8 atom stereocenters. The van der Waals surface area contributed by atoms with Crippen LogP contribution >= 0.6 is 11.6 Å². The Morgan fingerprint density at radius 1 is 0.900 bits per heavy atom. The summed E-state index contributed by atoms with van der Waals surface area (Å²) in [7, 11) is 0. The molecular weight excluding hydrogens is 514 g/mol. The summed E-state index contributed by atoms with van der Waals surface area (Å²) in [6, 6.07) is 0. The minimum Gasteiger partial charge on any atom is -0.310 e. The van der Waals surface area contributed by atoms with Crippen LogP contribution < -0.4 is 5.32 Å². The van der Waals surface area contributed by atoms with Crippen LogP contribution in [0.5, 0.6) is 0 Å². The van der Waals surface area contributed by atoms with Crippen molar-refractivity contribution < 1.29 is 9.59 Å². The van der Waals surface area contributed by atoms with E-state index in [0.717, 1.165) is 73.8 Å². The smallest absolute Gasteiger partial charge is 0.133 e. The van der Waals surface area contributed by atoms with Crippen LogP contribution in [0.25, 0.3) is 0 Å². The molecule has 0 aromatic rings. The first kappa shape index (κ1) is 27.9. The van der Waals surface area contributed by atoms with Gasteiger partial charge in [0.2, 0.25) is 0 Å². The summed E-state index contributed by atoms with van der Waals surface area (Å²) in [5, 5.41) is 4.00. The fraction of sp³-hybridized carbons (Fsp3) is 0.833. The highest BCUT2D eigenvalue weighted by Crippen LogP contribution is 2.73. The monoisotopic (exact) mass is 565 g/mol. The van der Waals surface area contributed by atoms with E-state index in [-0.39, 0.29) is 10.8 Å². The van der Waals surface area contributed by atoms with Crippen LogP contribution in [0, 0.1) is 56.7 Å². The first-order valence-electron chi connectivity index (χ1n) is 16.7. The number of hydrogen-bond donors (Lipinski definition) is 1. The molecule has 0 aromatic heterocycles. The minimum absolute atomic E-state index is 0.105. The molecule has 0 bridgehead atoms. The van der Waals surface area contributed by atoms with E-state index < -0.39 is 5.41 Å². The van der Waals surface area contributed by atoms with Gasteiger partial charge in [0.25, 0.3) is 0 Å². The Morgan fingerprint density at radius 2 is 1.65 bits per heavy atom. The van der Waals surface area contributed by atoms with Crippen molar-refractivity contribution in [1.82, 2.24) is 5.32 Å². The van der Waals surface area contributed by atoms with Crippen LogP contribution in [0.1, 0.15) is 111 Å².